The SMILES string of the molecule is CC.COc1c(OCCOCCOCCN)cc(O)c2c(=O)cc(-c3ccccc3)oc12.O=c1cc(-c2ccccc2)oc2c(O)cccc12. The Bertz CT molecular complexity index is 2080. The maximum atomic E-state index is 12.6. The van der Waals surface area contributed by atoms with Gasteiger partial charge in [-0.3, -0.25) is 9.59 Å². The zero-order valence-corrected chi connectivity index (χ0v) is 28.2. The van der Waals surface area contributed by atoms with E-state index in [0.717, 1.165) is 11.1 Å². The van der Waals surface area contributed by atoms with Crippen LogP contribution in [0.5, 0.6) is 23.0 Å². The number of para-hydroxylation sites is 1. The monoisotopic (exact) mass is 683 g/mol. The lowest BCUT2D eigenvalue weighted by atomic mass is 10.1. The first-order valence-electron chi connectivity index (χ1n) is 16.1. The summed E-state index contributed by atoms with van der Waals surface area (Å²) in [6, 6.07) is 27.4. The highest BCUT2D eigenvalue weighted by atomic mass is 16.6. The summed E-state index contributed by atoms with van der Waals surface area (Å²) in [5.74, 6) is 1.02. The Hall–Kier alpha value is -5.62. The quantitative estimate of drug-likeness (QED) is 0.117. The van der Waals surface area contributed by atoms with Gasteiger partial charge in [0, 0.05) is 35.9 Å². The minimum atomic E-state index is -0.377. The van der Waals surface area contributed by atoms with Crippen LogP contribution < -0.4 is 26.1 Å². The Morgan fingerprint density at radius 3 is 1.80 bits per heavy atom. The van der Waals surface area contributed by atoms with Crippen molar-refractivity contribution in [1.82, 2.24) is 0 Å². The van der Waals surface area contributed by atoms with Gasteiger partial charge in [0.1, 0.15) is 29.3 Å². The zero-order chi connectivity index (χ0) is 35.9. The van der Waals surface area contributed by atoms with Gasteiger partial charge >= 0.3 is 0 Å². The first-order chi connectivity index (χ1) is 24.4. The van der Waals surface area contributed by atoms with Crippen molar-refractivity contribution in [2.75, 3.05) is 46.7 Å². The highest BCUT2D eigenvalue weighted by molar-refractivity contribution is 5.91. The predicted molar refractivity (Wildman–Crippen MR) is 193 cm³/mol. The molecule has 0 aliphatic carbocycles. The smallest absolute Gasteiger partial charge is 0.205 e. The Morgan fingerprint density at radius 2 is 1.20 bits per heavy atom. The Kier molecular flexibility index (Phi) is 14.0. The molecule has 6 rings (SSSR count). The van der Waals surface area contributed by atoms with E-state index in [1.54, 1.807) is 12.1 Å². The molecule has 0 spiro atoms. The van der Waals surface area contributed by atoms with Crippen LogP contribution >= 0.6 is 0 Å². The van der Waals surface area contributed by atoms with Gasteiger partial charge < -0.3 is 43.7 Å². The molecule has 11 nitrogen and oxygen atoms in total. The topological polar surface area (TPSA) is 164 Å². The molecule has 0 amide bonds. The molecule has 4 aromatic carbocycles. The molecule has 0 aliphatic rings. The molecule has 0 saturated heterocycles. The van der Waals surface area contributed by atoms with Crippen LogP contribution in [0.2, 0.25) is 0 Å². The van der Waals surface area contributed by atoms with Gasteiger partial charge in [-0.2, -0.15) is 0 Å². The van der Waals surface area contributed by atoms with Crippen LogP contribution in [-0.4, -0.2) is 56.9 Å². The number of nitrogens with two attached hydrogens (primary N) is 1. The summed E-state index contributed by atoms with van der Waals surface area (Å²) in [5, 5.41) is 20.5. The van der Waals surface area contributed by atoms with E-state index in [1.807, 2.05) is 74.5 Å². The number of ether oxygens (including phenoxy) is 4. The van der Waals surface area contributed by atoms with Crippen molar-refractivity contribution in [1.29, 1.82) is 0 Å². The second-order valence-corrected chi connectivity index (χ2v) is 10.3. The summed E-state index contributed by atoms with van der Waals surface area (Å²) in [5.41, 5.74) is 6.69. The van der Waals surface area contributed by atoms with Crippen molar-refractivity contribution in [3.63, 3.8) is 0 Å². The van der Waals surface area contributed by atoms with Crippen molar-refractivity contribution in [3.05, 3.63) is 118 Å². The largest absolute Gasteiger partial charge is 0.507 e. The molecule has 0 fully saturated rings. The van der Waals surface area contributed by atoms with E-state index in [1.165, 1.54) is 31.4 Å². The first-order valence-corrected chi connectivity index (χ1v) is 16.1. The van der Waals surface area contributed by atoms with E-state index in [2.05, 4.69) is 0 Å². The third kappa shape index (κ3) is 9.29. The average molecular weight is 684 g/mol. The molecule has 50 heavy (non-hydrogen) atoms. The fraction of sp³-hybridized carbons (Fsp3) is 0.231. The number of fused-ring (bicyclic) bond motifs is 2. The lowest BCUT2D eigenvalue weighted by Gasteiger charge is -2.14. The standard InChI is InChI=1S/C22H25NO7.C15H10O3.C2H6/c1-26-21-19(29-12-11-28-10-9-27-8-7-23)14-17(25)20-16(24)13-18(30-22(20)21)15-5-3-2-4-6-15;16-12-8-4-7-11-13(17)9-14(18-15(11)12)10-5-2-1-3-6-10;1-2/h2-6,13-14,25H,7-12,23H2,1H3;1-9,16H;1-2H3. The minimum absolute atomic E-state index is 0.0256. The fourth-order valence-corrected chi connectivity index (χ4v) is 4.84. The lowest BCUT2D eigenvalue weighted by molar-refractivity contribution is 0.0385. The number of benzene rings is 4. The third-order valence-corrected chi connectivity index (χ3v) is 7.08. The highest BCUT2D eigenvalue weighted by Gasteiger charge is 2.20. The molecule has 0 radical (unpaired) electrons. The summed E-state index contributed by atoms with van der Waals surface area (Å²) >= 11 is 0. The number of hydrogen-bond acceptors (Lipinski definition) is 11. The third-order valence-electron chi connectivity index (χ3n) is 7.08. The number of phenols is 2. The summed E-state index contributed by atoms with van der Waals surface area (Å²) in [6.07, 6.45) is 0. The molecule has 11 heteroatoms. The molecule has 0 saturated carbocycles. The van der Waals surface area contributed by atoms with Crippen LogP contribution in [0.3, 0.4) is 0 Å². The summed E-state index contributed by atoms with van der Waals surface area (Å²) < 4.78 is 33.3. The van der Waals surface area contributed by atoms with Gasteiger partial charge in [-0.05, 0) is 12.1 Å². The minimum Gasteiger partial charge on any atom is -0.507 e. The van der Waals surface area contributed by atoms with E-state index >= 15 is 0 Å². The predicted octanol–water partition coefficient (Wildman–Crippen LogP) is 6.74. The van der Waals surface area contributed by atoms with E-state index in [0.29, 0.717) is 49.9 Å². The molecule has 262 valence electrons. The van der Waals surface area contributed by atoms with Crippen LogP contribution in [0, 0.1) is 0 Å². The van der Waals surface area contributed by atoms with E-state index in [4.69, 9.17) is 33.5 Å². The van der Waals surface area contributed by atoms with Crippen molar-refractivity contribution in [2.45, 2.75) is 13.8 Å². The number of hydrogen-bond donors (Lipinski definition) is 3. The molecule has 6 aromatic rings. The molecular weight excluding hydrogens is 642 g/mol. The van der Waals surface area contributed by atoms with Crippen LogP contribution in [0.1, 0.15) is 13.8 Å². The molecule has 0 aliphatic heterocycles. The lowest BCUT2D eigenvalue weighted by Crippen LogP contribution is -2.14. The van der Waals surface area contributed by atoms with Gasteiger partial charge in [0.05, 0.1) is 38.9 Å². The summed E-state index contributed by atoms with van der Waals surface area (Å²) in [4.78, 5) is 24.6. The Morgan fingerprint density at radius 1 is 0.640 bits per heavy atom. The van der Waals surface area contributed by atoms with Crippen molar-refractivity contribution < 1.29 is 38.0 Å². The van der Waals surface area contributed by atoms with E-state index in [-0.39, 0.29) is 57.0 Å². The number of rotatable bonds is 12. The second-order valence-electron chi connectivity index (χ2n) is 10.3. The highest BCUT2D eigenvalue weighted by Crippen LogP contribution is 2.41. The van der Waals surface area contributed by atoms with Gasteiger partial charge in [0.15, 0.2) is 33.5 Å². The number of phenolic OH excluding ortho intramolecular Hbond substituents is 2. The van der Waals surface area contributed by atoms with Crippen molar-refractivity contribution >= 4 is 21.9 Å². The maximum absolute atomic E-state index is 12.6. The molecule has 0 bridgehead atoms. The van der Waals surface area contributed by atoms with Gasteiger partial charge in [-0.1, -0.05) is 80.6 Å². The molecule has 4 N–H and O–H groups in total. The van der Waals surface area contributed by atoms with Gasteiger partial charge in [0.25, 0.3) is 0 Å². The van der Waals surface area contributed by atoms with Gasteiger partial charge in [-0.15, -0.1) is 0 Å². The first kappa shape index (κ1) is 37.2. The van der Waals surface area contributed by atoms with Crippen LogP contribution in [0.4, 0.5) is 0 Å². The fourth-order valence-electron chi connectivity index (χ4n) is 4.84. The van der Waals surface area contributed by atoms with Crippen LogP contribution in [-0.2, 0) is 9.47 Å². The molecule has 0 unspecified atom stereocenters. The van der Waals surface area contributed by atoms with Crippen molar-refractivity contribution in [3.8, 4) is 45.6 Å². The molecule has 2 aromatic heterocycles. The van der Waals surface area contributed by atoms with Crippen LogP contribution in [0.15, 0.2) is 115 Å². The normalized spacial score (nSPS) is 10.6. The molecule has 2 heterocycles. The average Bonchev–Trinajstić information content (AvgIpc) is 3.14. The number of methoxy groups -OCH3 is 1. The summed E-state index contributed by atoms with van der Waals surface area (Å²) in [7, 11) is 1.44. The maximum Gasteiger partial charge on any atom is 0.205 e. The number of aromatic hydroxyl groups is 2. The van der Waals surface area contributed by atoms with Crippen molar-refractivity contribution in [2.24, 2.45) is 5.73 Å². The summed E-state index contributed by atoms with van der Waals surface area (Å²) in [6.45, 7) is 6.34. The Labute approximate surface area is 289 Å². The molecular formula is C39H41NO10. The Balaban J connectivity index is 0.000000238. The van der Waals surface area contributed by atoms with Gasteiger partial charge in [0.2, 0.25) is 5.75 Å². The van der Waals surface area contributed by atoms with Gasteiger partial charge in [-0.25, -0.2) is 0 Å². The molecule has 0 atom stereocenters. The van der Waals surface area contributed by atoms with Crippen LogP contribution in [0.25, 0.3) is 44.6 Å². The zero-order valence-electron chi connectivity index (χ0n) is 28.2. The van der Waals surface area contributed by atoms with E-state index in [9.17, 15) is 19.8 Å². The van der Waals surface area contributed by atoms with E-state index < -0.39 is 0 Å². The second kappa shape index (κ2) is 18.8.